The second-order valence-corrected chi connectivity index (χ2v) is 7.43. The van der Waals surface area contributed by atoms with Gasteiger partial charge in [0.25, 0.3) is 5.91 Å². The number of nitrogens with one attached hydrogen (secondary N) is 1. The predicted molar refractivity (Wildman–Crippen MR) is 93.8 cm³/mol. The van der Waals surface area contributed by atoms with Gasteiger partial charge >= 0.3 is 0 Å². The third kappa shape index (κ3) is 4.34. The molecule has 0 spiro atoms. The SMILES string of the molecule is O=C(NC1CCCCC1O)c1ccccc1SCc1cscn1. The third-order valence-corrected chi connectivity index (χ3v) is 5.78. The fourth-order valence-electron chi connectivity index (χ4n) is 2.77. The van der Waals surface area contributed by atoms with Crippen molar-refractivity contribution < 1.29 is 9.90 Å². The highest BCUT2D eigenvalue weighted by Gasteiger charge is 2.25. The van der Waals surface area contributed by atoms with E-state index >= 15 is 0 Å². The Balaban J connectivity index is 1.67. The average Bonchev–Trinajstić information content (AvgIpc) is 3.09. The summed E-state index contributed by atoms with van der Waals surface area (Å²) in [6, 6.07) is 7.49. The maximum absolute atomic E-state index is 12.6. The van der Waals surface area contributed by atoms with Gasteiger partial charge in [0.2, 0.25) is 0 Å². The van der Waals surface area contributed by atoms with Gasteiger partial charge in [0.1, 0.15) is 0 Å². The fourth-order valence-corrected chi connectivity index (χ4v) is 4.38. The summed E-state index contributed by atoms with van der Waals surface area (Å²) in [6.07, 6.45) is 3.28. The first kappa shape index (κ1) is 16.5. The molecule has 1 heterocycles. The summed E-state index contributed by atoms with van der Waals surface area (Å²) in [5, 5.41) is 15.1. The smallest absolute Gasteiger partial charge is 0.252 e. The lowest BCUT2D eigenvalue weighted by atomic mass is 9.92. The van der Waals surface area contributed by atoms with E-state index in [1.807, 2.05) is 35.2 Å². The Morgan fingerprint density at radius 1 is 1.35 bits per heavy atom. The Kier molecular flexibility index (Phi) is 5.70. The number of thiazole rings is 1. The molecule has 2 unspecified atom stereocenters. The van der Waals surface area contributed by atoms with Crippen LogP contribution < -0.4 is 5.32 Å². The zero-order valence-electron chi connectivity index (χ0n) is 12.8. The molecule has 0 saturated heterocycles. The van der Waals surface area contributed by atoms with E-state index in [4.69, 9.17) is 0 Å². The summed E-state index contributed by atoms with van der Waals surface area (Å²) in [5.74, 6) is 0.650. The topological polar surface area (TPSA) is 62.2 Å². The number of aliphatic hydroxyl groups excluding tert-OH is 1. The standard InChI is InChI=1S/C17H20N2O2S2/c20-15-7-3-2-6-14(15)19-17(21)13-5-1-4-8-16(13)23-10-12-9-22-11-18-12/h1,4-5,8-9,11,14-15,20H,2-3,6-7,10H2,(H,19,21). The highest BCUT2D eigenvalue weighted by atomic mass is 32.2. The van der Waals surface area contributed by atoms with Crippen molar-refractivity contribution >= 4 is 29.0 Å². The van der Waals surface area contributed by atoms with Crippen molar-refractivity contribution in [3.8, 4) is 0 Å². The summed E-state index contributed by atoms with van der Waals surface area (Å²) in [4.78, 5) is 17.8. The summed E-state index contributed by atoms with van der Waals surface area (Å²) in [7, 11) is 0. The molecule has 1 aliphatic carbocycles. The van der Waals surface area contributed by atoms with Gasteiger partial charge in [-0.25, -0.2) is 4.98 Å². The predicted octanol–water partition coefficient (Wildman–Crippen LogP) is 3.47. The molecule has 0 radical (unpaired) electrons. The molecule has 122 valence electrons. The highest BCUT2D eigenvalue weighted by molar-refractivity contribution is 7.98. The quantitative estimate of drug-likeness (QED) is 0.812. The van der Waals surface area contributed by atoms with Crippen LogP contribution >= 0.6 is 23.1 Å². The number of carbonyl (C=O) groups is 1. The van der Waals surface area contributed by atoms with Crippen molar-refractivity contribution in [1.29, 1.82) is 0 Å². The highest BCUT2D eigenvalue weighted by Crippen LogP contribution is 2.27. The fraction of sp³-hybridized carbons (Fsp3) is 0.412. The maximum Gasteiger partial charge on any atom is 0.252 e. The second kappa shape index (κ2) is 7.95. The molecule has 1 amide bonds. The van der Waals surface area contributed by atoms with Gasteiger partial charge in [-0.1, -0.05) is 25.0 Å². The van der Waals surface area contributed by atoms with Crippen molar-refractivity contribution in [3.05, 3.63) is 46.4 Å². The Labute approximate surface area is 144 Å². The molecule has 2 N–H and O–H groups in total. The number of benzene rings is 1. The first-order valence-electron chi connectivity index (χ1n) is 7.82. The van der Waals surface area contributed by atoms with Gasteiger partial charge in [0.15, 0.2) is 0 Å². The molecule has 2 aromatic rings. The Morgan fingerprint density at radius 3 is 2.96 bits per heavy atom. The van der Waals surface area contributed by atoms with Crippen LogP contribution in [0.15, 0.2) is 40.1 Å². The van der Waals surface area contributed by atoms with Gasteiger partial charge in [-0.15, -0.1) is 23.1 Å². The molecule has 1 aliphatic rings. The van der Waals surface area contributed by atoms with E-state index in [0.29, 0.717) is 5.56 Å². The number of hydrogen-bond donors (Lipinski definition) is 2. The third-order valence-electron chi connectivity index (χ3n) is 4.04. The number of nitrogens with zero attached hydrogens (tertiary/aromatic N) is 1. The Morgan fingerprint density at radius 2 is 2.17 bits per heavy atom. The van der Waals surface area contributed by atoms with Crippen LogP contribution in [0.2, 0.25) is 0 Å². The van der Waals surface area contributed by atoms with Crippen LogP contribution in [0.3, 0.4) is 0 Å². The van der Waals surface area contributed by atoms with E-state index in [9.17, 15) is 9.90 Å². The minimum absolute atomic E-state index is 0.0997. The molecule has 0 aliphatic heterocycles. The lowest BCUT2D eigenvalue weighted by molar-refractivity contribution is 0.0715. The van der Waals surface area contributed by atoms with Gasteiger partial charge in [0, 0.05) is 16.0 Å². The van der Waals surface area contributed by atoms with Gasteiger partial charge in [0.05, 0.1) is 28.9 Å². The van der Waals surface area contributed by atoms with Gasteiger partial charge in [-0.3, -0.25) is 4.79 Å². The van der Waals surface area contributed by atoms with Crippen molar-refractivity contribution in [1.82, 2.24) is 10.3 Å². The zero-order valence-corrected chi connectivity index (χ0v) is 14.4. The van der Waals surface area contributed by atoms with Crippen LogP contribution in [-0.4, -0.2) is 28.1 Å². The summed E-state index contributed by atoms with van der Waals surface area (Å²) < 4.78 is 0. The van der Waals surface area contributed by atoms with E-state index in [-0.39, 0.29) is 11.9 Å². The monoisotopic (exact) mass is 348 g/mol. The van der Waals surface area contributed by atoms with Crippen LogP contribution in [0.1, 0.15) is 41.7 Å². The summed E-state index contributed by atoms with van der Waals surface area (Å²) in [6.45, 7) is 0. The second-order valence-electron chi connectivity index (χ2n) is 5.70. The molecule has 1 aromatic heterocycles. The first-order chi connectivity index (χ1) is 11.2. The molecule has 1 fully saturated rings. The Bertz CT molecular complexity index is 646. The van der Waals surface area contributed by atoms with Crippen LogP contribution in [-0.2, 0) is 5.75 Å². The van der Waals surface area contributed by atoms with Crippen LogP contribution in [0, 0.1) is 0 Å². The number of thioether (sulfide) groups is 1. The van der Waals surface area contributed by atoms with Gasteiger partial charge < -0.3 is 10.4 Å². The molecule has 4 nitrogen and oxygen atoms in total. The number of hydrogen-bond acceptors (Lipinski definition) is 5. The normalized spacial score (nSPS) is 21.1. The molecular weight excluding hydrogens is 328 g/mol. The van der Waals surface area contributed by atoms with E-state index in [1.54, 1.807) is 23.1 Å². The van der Waals surface area contributed by atoms with Gasteiger partial charge in [-0.05, 0) is 25.0 Å². The molecule has 3 rings (SSSR count). The van der Waals surface area contributed by atoms with Gasteiger partial charge in [-0.2, -0.15) is 0 Å². The van der Waals surface area contributed by atoms with Crippen molar-refractivity contribution in [2.45, 2.75) is 48.5 Å². The largest absolute Gasteiger partial charge is 0.391 e. The molecule has 23 heavy (non-hydrogen) atoms. The zero-order chi connectivity index (χ0) is 16.1. The summed E-state index contributed by atoms with van der Waals surface area (Å²) >= 11 is 3.19. The average molecular weight is 348 g/mol. The minimum atomic E-state index is -0.428. The van der Waals surface area contributed by atoms with E-state index in [0.717, 1.165) is 42.0 Å². The summed E-state index contributed by atoms with van der Waals surface area (Å²) in [5.41, 5.74) is 3.52. The number of carbonyl (C=O) groups excluding carboxylic acids is 1. The van der Waals surface area contributed by atoms with Crippen LogP contribution in [0.25, 0.3) is 0 Å². The molecule has 1 saturated carbocycles. The van der Waals surface area contributed by atoms with E-state index in [2.05, 4.69) is 10.3 Å². The molecular formula is C17H20N2O2S2. The molecule has 2 atom stereocenters. The number of aromatic nitrogens is 1. The van der Waals surface area contributed by atoms with Crippen molar-refractivity contribution in [3.63, 3.8) is 0 Å². The minimum Gasteiger partial charge on any atom is -0.391 e. The maximum atomic E-state index is 12.6. The lowest BCUT2D eigenvalue weighted by Gasteiger charge is -2.28. The molecule has 1 aromatic carbocycles. The van der Waals surface area contributed by atoms with E-state index < -0.39 is 6.10 Å². The Hall–Kier alpha value is -1.37. The lowest BCUT2D eigenvalue weighted by Crippen LogP contribution is -2.45. The van der Waals surface area contributed by atoms with Crippen LogP contribution in [0.4, 0.5) is 0 Å². The van der Waals surface area contributed by atoms with E-state index in [1.165, 1.54) is 0 Å². The number of amides is 1. The molecule has 6 heteroatoms. The van der Waals surface area contributed by atoms with Crippen molar-refractivity contribution in [2.24, 2.45) is 0 Å². The van der Waals surface area contributed by atoms with Crippen molar-refractivity contribution in [2.75, 3.05) is 0 Å². The van der Waals surface area contributed by atoms with Crippen LogP contribution in [0.5, 0.6) is 0 Å². The number of aliphatic hydroxyl groups is 1. The molecule has 0 bridgehead atoms. The number of rotatable bonds is 5. The first-order valence-corrected chi connectivity index (χ1v) is 9.74.